The van der Waals surface area contributed by atoms with Crippen LogP contribution in [-0.4, -0.2) is 47.3 Å². The molecule has 7 heteroatoms. The summed E-state index contributed by atoms with van der Waals surface area (Å²) in [6.07, 6.45) is 6.35. The van der Waals surface area contributed by atoms with Crippen LogP contribution in [0.3, 0.4) is 0 Å². The van der Waals surface area contributed by atoms with E-state index in [-0.39, 0.29) is 5.91 Å². The first-order chi connectivity index (χ1) is 11.7. The Balaban J connectivity index is 2.51. The highest BCUT2D eigenvalue weighted by atomic mass is 32.2. The Morgan fingerprint density at radius 3 is 2.79 bits per heavy atom. The Hall–Kier alpha value is -2.41. The topological polar surface area (TPSA) is 69.4 Å². The number of aromatic nitrogens is 3. The first kappa shape index (κ1) is 17.9. The lowest BCUT2D eigenvalue weighted by Crippen LogP contribution is -2.16. The lowest BCUT2D eigenvalue weighted by atomic mass is 10.2. The Bertz CT molecular complexity index is 781. The van der Waals surface area contributed by atoms with E-state index in [0.717, 1.165) is 12.0 Å². The number of aliphatic imine (C=N–C) groups is 1. The zero-order valence-corrected chi connectivity index (χ0v) is 15.0. The summed E-state index contributed by atoms with van der Waals surface area (Å²) in [5, 5.41) is 4.91. The fourth-order valence-electron chi connectivity index (χ4n) is 2.18. The van der Waals surface area contributed by atoms with Crippen LogP contribution >= 0.6 is 11.8 Å². The van der Waals surface area contributed by atoms with Crippen molar-refractivity contribution in [3.63, 3.8) is 0 Å². The number of hydrogen-bond acceptors (Lipinski definition) is 6. The number of carbonyl (C=O) groups is 1. The van der Waals surface area contributed by atoms with Gasteiger partial charge in [-0.1, -0.05) is 36.9 Å². The zero-order chi connectivity index (χ0) is 17.5. The first-order valence-corrected chi connectivity index (χ1v) is 8.70. The lowest BCUT2D eigenvalue weighted by molar-refractivity contribution is 0.0930. The van der Waals surface area contributed by atoms with Crippen molar-refractivity contribution >= 4 is 29.5 Å². The number of para-hydroxylation sites is 1. The van der Waals surface area contributed by atoms with Crippen LogP contribution in [0.15, 0.2) is 40.5 Å². The molecule has 0 aliphatic heterocycles. The summed E-state index contributed by atoms with van der Waals surface area (Å²) in [6, 6.07) is 7.06. The fraction of sp³-hybridized carbons (Fsp3) is 0.294. The van der Waals surface area contributed by atoms with Gasteiger partial charge in [0.1, 0.15) is 5.75 Å². The number of methoxy groups -OCH3 is 1. The largest absolute Gasteiger partial charge is 0.496 e. The third kappa shape index (κ3) is 3.73. The summed E-state index contributed by atoms with van der Waals surface area (Å²) in [6.45, 7) is 2.02. The molecule has 0 unspecified atom stereocenters. The van der Waals surface area contributed by atoms with Crippen LogP contribution in [0.1, 0.15) is 29.5 Å². The first-order valence-electron chi connectivity index (χ1n) is 7.47. The van der Waals surface area contributed by atoms with Crippen molar-refractivity contribution in [2.45, 2.75) is 18.5 Å². The predicted molar refractivity (Wildman–Crippen MR) is 97.2 cm³/mol. The summed E-state index contributed by atoms with van der Waals surface area (Å²) < 4.78 is 6.58. The Labute approximate surface area is 145 Å². The predicted octanol–water partition coefficient (Wildman–Crippen LogP) is 3.19. The minimum Gasteiger partial charge on any atom is -0.496 e. The number of rotatable bonds is 6. The molecule has 0 radical (unpaired) electrons. The Morgan fingerprint density at radius 2 is 2.17 bits per heavy atom. The Kier molecular flexibility index (Phi) is 6.31. The number of allylic oxidation sites excluding steroid dienone is 2. The molecule has 0 amide bonds. The summed E-state index contributed by atoms with van der Waals surface area (Å²) in [5.74, 6) is 0.709. The average molecular weight is 344 g/mol. The normalized spacial score (nSPS) is 11.9. The van der Waals surface area contributed by atoms with Gasteiger partial charge in [0.05, 0.1) is 12.7 Å². The van der Waals surface area contributed by atoms with Crippen LogP contribution in [0.2, 0.25) is 0 Å². The van der Waals surface area contributed by atoms with Gasteiger partial charge in [0.15, 0.2) is 11.0 Å². The van der Waals surface area contributed by atoms with Crippen molar-refractivity contribution in [1.82, 2.24) is 14.8 Å². The second-order valence-corrected chi connectivity index (χ2v) is 5.57. The molecule has 24 heavy (non-hydrogen) atoms. The van der Waals surface area contributed by atoms with Gasteiger partial charge in [-0.3, -0.25) is 9.79 Å². The van der Waals surface area contributed by atoms with E-state index in [1.54, 1.807) is 31.5 Å². The number of thioether (sulfide) groups is 1. The highest BCUT2D eigenvalue weighted by Crippen LogP contribution is 2.22. The maximum atomic E-state index is 12.9. The average Bonchev–Trinajstić information content (AvgIpc) is 3.05. The molecule has 2 aromatic rings. The number of nitrogens with zero attached hydrogens (tertiary/aromatic N) is 4. The molecule has 1 aromatic heterocycles. The number of hydrogen-bond donors (Lipinski definition) is 0. The molecule has 2 rings (SSSR count). The molecule has 0 aliphatic carbocycles. The molecule has 0 aliphatic rings. The van der Waals surface area contributed by atoms with Gasteiger partial charge in [-0.15, -0.1) is 5.10 Å². The van der Waals surface area contributed by atoms with E-state index in [1.807, 2.05) is 25.3 Å². The van der Waals surface area contributed by atoms with Crippen LogP contribution in [0.25, 0.3) is 5.57 Å². The van der Waals surface area contributed by atoms with Crippen molar-refractivity contribution in [3.05, 3.63) is 41.7 Å². The van der Waals surface area contributed by atoms with Gasteiger partial charge < -0.3 is 4.74 Å². The van der Waals surface area contributed by atoms with Crippen molar-refractivity contribution in [2.75, 3.05) is 20.4 Å². The third-order valence-corrected chi connectivity index (χ3v) is 3.87. The van der Waals surface area contributed by atoms with E-state index in [2.05, 4.69) is 15.1 Å². The van der Waals surface area contributed by atoms with Gasteiger partial charge in [0.2, 0.25) is 0 Å². The smallest absolute Gasteiger partial charge is 0.284 e. The lowest BCUT2D eigenvalue weighted by Gasteiger charge is -2.07. The van der Waals surface area contributed by atoms with E-state index in [9.17, 15) is 4.79 Å². The van der Waals surface area contributed by atoms with Gasteiger partial charge in [0, 0.05) is 18.8 Å². The summed E-state index contributed by atoms with van der Waals surface area (Å²) >= 11 is 1.36. The van der Waals surface area contributed by atoms with Crippen molar-refractivity contribution in [3.8, 4) is 5.75 Å². The molecule has 0 fully saturated rings. The highest BCUT2D eigenvalue weighted by molar-refractivity contribution is 7.98. The summed E-state index contributed by atoms with van der Waals surface area (Å²) in [7, 11) is 3.23. The van der Waals surface area contributed by atoms with E-state index in [4.69, 9.17) is 4.74 Å². The molecular weight excluding hydrogens is 324 g/mol. The molecule has 0 N–H and O–H groups in total. The molecule has 1 heterocycles. The van der Waals surface area contributed by atoms with Crippen LogP contribution < -0.4 is 4.74 Å². The van der Waals surface area contributed by atoms with Crippen molar-refractivity contribution < 1.29 is 9.53 Å². The minimum absolute atomic E-state index is 0.278. The second kappa shape index (κ2) is 8.44. The van der Waals surface area contributed by atoms with E-state index in [0.29, 0.717) is 22.3 Å². The Morgan fingerprint density at radius 1 is 1.42 bits per heavy atom. The van der Waals surface area contributed by atoms with Gasteiger partial charge in [-0.25, -0.2) is 4.98 Å². The van der Waals surface area contributed by atoms with Gasteiger partial charge in [-0.2, -0.15) is 4.68 Å². The van der Waals surface area contributed by atoms with Gasteiger partial charge >= 0.3 is 0 Å². The molecule has 6 nitrogen and oxygen atoms in total. The highest BCUT2D eigenvalue weighted by Gasteiger charge is 2.21. The van der Waals surface area contributed by atoms with Crippen molar-refractivity contribution in [2.24, 2.45) is 4.99 Å². The molecule has 126 valence electrons. The quantitative estimate of drug-likeness (QED) is 0.594. The monoisotopic (exact) mass is 344 g/mol. The molecule has 0 spiro atoms. The molecule has 1 aromatic carbocycles. The molecule has 0 bridgehead atoms. The SMILES string of the molecule is CC/C=C(\C=NC)c1nc(SC)n(C(=O)c2ccccc2OC)n1. The molecule has 0 saturated heterocycles. The summed E-state index contributed by atoms with van der Waals surface area (Å²) in [5.41, 5.74) is 1.24. The summed E-state index contributed by atoms with van der Waals surface area (Å²) in [4.78, 5) is 21.4. The minimum atomic E-state index is -0.278. The molecule has 0 saturated carbocycles. The van der Waals surface area contributed by atoms with Crippen LogP contribution in [-0.2, 0) is 0 Å². The van der Waals surface area contributed by atoms with Crippen LogP contribution in [0.4, 0.5) is 0 Å². The van der Waals surface area contributed by atoms with Gasteiger partial charge in [-0.05, 0) is 24.8 Å². The van der Waals surface area contributed by atoms with E-state index in [1.165, 1.54) is 23.6 Å². The number of carbonyl (C=O) groups excluding carboxylic acids is 1. The van der Waals surface area contributed by atoms with E-state index >= 15 is 0 Å². The maximum absolute atomic E-state index is 12.9. The van der Waals surface area contributed by atoms with Crippen molar-refractivity contribution in [1.29, 1.82) is 0 Å². The number of ether oxygens (including phenoxy) is 1. The van der Waals surface area contributed by atoms with Gasteiger partial charge in [0.25, 0.3) is 5.91 Å². The third-order valence-electron chi connectivity index (χ3n) is 3.24. The van der Waals surface area contributed by atoms with E-state index < -0.39 is 0 Å². The van der Waals surface area contributed by atoms with Crippen LogP contribution in [0, 0.1) is 0 Å². The fourth-order valence-corrected chi connectivity index (χ4v) is 2.66. The van der Waals surface area contributed by atoms with Crippen LogP contribution in [0.5, 0.6) is 5.75 Å². The molecular formula is C17H20N4O2S. The second-order valence-electron chi connectivity index (χ2n) is 4.79. The molecule has 0 atom stereocenters. The standard InChI is InChI=1S/C17H20N4O2S/c1-5-8-12(11-18-2)15-19-17(24-4)21(20-15)16(22)13-9-6-7-10-14(13)23-3/h6-11H,5H2,1-4H3/b12-8+,18-11?. The zero-order valence-electron chi connectivity index (χ0n) is 14.2. The maximum Gasteiger partial charge on any atom is 0.284 e. The number of benzene rings is 1.